The second-order valence-corrected chi connectivity index (χ2v) is 7.54. The Kier molecular flexibility index (Phi) is 6.29. The highest BCUT2D eigenvalue weighted by Crippen LogP contribution is 2.26. The van der Waals surface area contributed by atoms with Gasteiger partial charge in [-0.05, 0) is 51.5 Å². The molecule has 2 aliphatic rings. The van der Waals surface area contributed by atoms with Gasteiger partial charge >= 0.3 is 0 Å². The van der Waals surface area contributed by atoms with Gasteiger partial charge in [-0.1, -0.05) is 0 Å². The number of aromatic nitrogens is 2. The molecule has 0 saturated carbocycles. The maximum atomic E-state index is 12.8. The fraction of sp³-hybridized carbons (Fsp3) is 0.700. The molecule has 1 aliphatic carbocycles. The van der Waals surface area contributed by atoms with E-state index in [2.05, 4.69) is 23.7 Å². The van der Waals surface area contributed by atoms with Crippen LogP contribution in [-0.2, 0) is 22.4 Å². The van der Waals surface area contributed by atoms with Crippen LogP contribution in [-0.4, -0.2) is 71.4 Å². The third-order valence-electron chi connectivity index (χ3n) is 5.74. The minimum atomic E-state index is -0.0863. The van der Waals surface area contributed by atoms with E-state index in [1.165, 1.54) is 0 Å². The van der Waals surface area contributed by atoms with E-state index in [1.54, 1.807) is 11.9 Å². The molecule has 1 fully saturated rings. The zero-order chi connectivity index (χ0) is 19.4. The van der Waals surface area contributed by atoms with Crippen molar-refractivity contribution in [1.82, 2.24) is 19.8 Å². The monoisotopic (exact) mass is 373 g/mol. The molecule has 1 atom stereocenters. The Morgan fingerprint density at radius 3 is 2.59 bits per heavy atom. The van der Waals surface area contributed by atoms with Gasteiger partial charge in [0, 0.05) is 51.0 Å². The van der Waals surface area contributed by atoms with Gasteiger partial charge in [0.25, 0.3) is 0 Å². The van der Waals surface area contributed by atoms with Gasteiger partial charge in [-0.3, -0.25) is 9.59 Å². The first-order valence-electron chi connectivity index (χ1n) is 10.2. The van der Waals surface area contributed by atoms with Crippen LogP contribution in [0.25, 0.3) is 0 Å². The zero-order valence-corrected chi connectivity index (χ0v) is 16.8. The summed E-state index contributed by atoms with van der Waals surface area (Å²) < 4.78 is 0. The summed E-state index contributed by atoms with van der Waals surface area (Å²) >= 11 is 0. The molecule has 0 aromatic carbocycles. The fourth-order valence-corrected chi connectivity index (χ4v) is 4.03. The summed E-state index contributed by atoms with van der Waals surface area (Å²) in [5.74, 6) is 0.807. The number of hydrogen-bond donors (Lipinski definition) is 0. The second kappa shape index (κ2) is 8.67. The molecule has 148 valence electrons. The molecule has 1 saturated heterocycles. The maximum Gasteiger partial charge on any atom is 0.242 e. The van der Waals surface area contributed by atoms with E-state index in [0.29, 0.717) is 6.42 Å². The summed E-state index contributed by atoms with van der Waals surface area (Å²) in [6, 6.07) is 0. The third kappa shape index (κ3) is 4.39. The molecule has 7 heteroatoms. The first-order valence-corrected chi connectivity index (χ1v) is 10.2. The molecule has 1 aliphatic heterocycles. The molecule has 27 heavy (non-hydrogen) atoms. The Bertz CT molecular complexity index is 683. The smallest absolute Gasteiger partial charge is 0.242 e. The number of aryl methyl sites for hydroxylation is 1. The first-order chi connectivity index (χ1) is 13.0. The van der Waals surface area contributed by atoms with Crippen molar-refractivity contribution in [3.63, 3.8) is 0 Å². The molecule has 0 radical (unpaired) electrons. The highest BCUT2D eigenvalue weighted by Gasteiger charge is 2.30. The molecule has 0 N–H and O–H groups in total. The maximum absolute atomic E-state index is 12.8. The number of likely N-dealkylation sites (N-methyl/N-ethyl adjacent to an activating group) is 1. The van der Waals surface area contributed by atoms with E-state index < -0.39 is 0 Å². The highest BCUT2D eigenvalue weighted by molar-refractivity contribution is 5.86. The summed E-state index contributed by atoms with van der Waals surface area (Å²) in [7, 11) is 1.74. The summed E-state index contributed by atoms with van der Waals surface area (Å²) in [4.78, 5) is 40.0. The molecule has 0 unspecified atom stereocenters. The molecule has 0 spiro atoms. The van der Waals surface area contributed by atoms with E-state index in [4.69, 9.17) is 4.98 Å². The van der Waals surface area contributed by atoms with Crippen molar-refractivity contribution in [3.05, 3.63) is 17.5 Å². The first kappa shape index (κ1) is 19.6. The quantitative estimate of drug-likeness (QED) is 0.756. The van der Waals surface area contributed by atoms with Crippen LogP contribution >= 0.6 is 0 Å². The van der Waals surface area contributed by atoms with Crippen molar-refractivity contribution in [2.45, 2.75) is 46.0 Å². The zero-order valence-electron chi connectivity index (χ0n) is 16.8. The Labute approximate surface area is 161 Å². The van der Waals surface area contributed by atoms with Crippen LogP contribution in [0.3, 0.4) is 0 Å². The van der Waals surface area contributed by atoms with Crippen LogP contribution in [0.1, 0.15) is 44.4 Å². The summed E-state index contributed by atoms with van der Waals surface area (Å²) in [6.45, 7) is 7.78. The number of carbonyl (C=O) groups excluding carboxylic acids is 2. The topological polar surface area (TPSA) is 69.6 Å². The van der Waals surface area contributed by atoms with Gasteiger partial charge in [0.2, 0.25) is 17.8 Å². The molecule has 2 amide bonds. The number of amides is 2. The predicted octanol–water partition coefficient (Wildman–Crippen LogP) is 1.51. The number of fused-ring (bicyclic) bond motifs is 1. The van der Waals surface area contributed by atoms with Crippen LogP contribution in [0, 0.1) is 5.92 Å². The van der Waals surface area contributed by atoms with Crippen LogP contribution in [0.2, 0.25) is 0 Å². The average molecular weight is 374 g/mol. The standard InChI is InChI=1S/C20H31N5O2/c1-4-24(5-2)20-21-13-16-12-15(8-9-17(16)22-20)19(27)23(3)14-18(26)25-10-6-7-11-25/h13,15H,4-12,14H2,1-3H3/t15-/m1/s1. The highest BCUT2D eigenvalue weighted by atomic mass is 16.2. The second-order valence-electron chi connectivity index (χ2n) is 7.54. The van der Waals surface area contributed by atoms with Crippen molar-refractivity contribution >= 4 is 17.8 Å². The predicted molar refractivity (Wildman–Crippen MR) is 105 cm³/mol. The fourth-order valence-electron chi connectivity index (χ4n) is 4.03. The van der Waals surface area contributed by atoms with E-state index in [-0.39, 0.29) is 24.3 Å². The summed E-state index contributed by atoms with van der Waals surface area (Å²) in [6.07, 6.45) is 6.25. The molecule has 2 heterocycles. The SMILES string of the molecule is CCN(CC)c1ncc2c(n1)CC[C@@H](C(=O)N(C)CC(=O)N1CCCC1)C2. The third-order valence-corrected chi connectivity index (χ3v) is 5.74. The number of likely N-dealkylation sites (tertiary alicyclic amines) is 1. The van der Waals surface area contributed by atoms with E-state index >= 15 is 0 Å². The lowest BCUT2D eigenvalue weighted by Gasteiger charge is -2.29. The van der Waals surface area contributed by atoms with Gasteiger partial charge < -0.3 is 14.7 Å². The van der Waals surface area contributed by atoms with Gasteiger partial charge in [0.1, 0.15) is 0 Å². The minimum Gasteiger partial charge on any atom is -0.341 e. The molecular formula is C20H31N5O2. The molecule has 1 aromatic heterocycles. The van der Waals surface area contributed by atoms with Gasteiger partial charge in [-0.15, -0.1) is 0 Å². The Hall–Kier alpha value is -2.18. The number of anilines is 1. The average Bonchev–Trinajstić information content (AvgIpc) is 3.23. The summed E-state index contributed by atoms with van der Waals surface area (Å²) in [5.41, 5.74) is 2.13. The van der Waals surface area contributed by atoms with Crippen molar-refractivity contribution in [2.75, 3.05) is 44.7 Å². The van der Waals surface area contributed by atoms with Gasteiger partial charge in [-0.2, -0.15) is 0 Å². The van der Waals surface area contributed by atoms with Crippen molar-refractivity contribution in [2.24, 2.45) is 5.92 Å². The van der Waals surface area contributed by atoms with Crippen LogP contribution in [0.15, 0.2) is 6.20 Å². The van der Waals surface area contributed by atoms with Crippen molar-refractivity contribution < 1.29 is 9.59 Å². The minimum absolute atomic E-state index is 0.0565. The van der Waals surface area contributed by atoms with E-state index in [9.17, 15) is 9.59 Å². The van der Waals surface area contributed by atoms with Gasteiger partial charge in [0.15, 0.2) is 0 Å². The molecule has 0 bridgehead atoms. The molecule has 1 aromatic rings. The van der Waals surface area contributed by atoms with E-state index in [0.717, 1.165) is 69.1 Å². The van der Waals surface area contributed by atoms with E-state index in [1.807, 2.05) is 11.1 Å². The lowest BCUT2D eigenvalue weighted by molar-refractivity contribution is -0.141. The summed E-state index contributed by atoms with van der Waals surface area (Å²) in [5, 5.41) is 0. The van der Waals surface area contributed by atoms with Crippen molar-refractivity contribution in [3.8, 4) is 0 Å². The number of rotatable bonds is 6. The number of nitrogens with zero attached hydrogens (tertiary/aromatic N) is 5. The van der Waals surface area contributed by atoms with Crippen LogP contribution < -0.4 is 4.90 Å². The largest absolute Gasteiger partial charge is 0.341 e. The van der Waals surface area contributed by atoms with Gasteiger partial charge in [-0.25, -0.2) is 9.97 Å². The molecular weight excluding hydrogens is 342 g/mol. The lowest BCUT2D eigenvalue weighted by atomic mass is 9.86. The van der Waals surface area contributed by atoms with Gasteiger partial charge in [0.05, 0.1) is 6.54 Å². The van der Waals surface area contributed by atoms with Crippen molar-refractivity contribution in [1.29, 1.82) is 0 Å². The number of carbonyl (C=O) groups is 2. The van der Waals surface area contributed by atoms with Crippen LogP contribution in [0.4, 0.5) is 5.95 Å². The Balaban J connectivity index is 1.61. The Morgan fingerprint density at radius 2 is 1.93 bits per heavy atom. The normalized spacial score (nSPS) is 18.9. The molecule has 7 nitrogen and oxygen atoms in total. The lowest BCUT2D eigenvalue weighted by Crippen LogP contribution is -2.43. The molecule has 3 rings (SSSR count). The Morgan fingerprint density at radius 1 is 1.22 bits per heavy atom. The van der Waals surface area contributed by atoms with Crippen LogP contribution in [0.5, 0.6) is 0 Å². The number of hydrogen-bond acceptors (Lipinski definition) is 5.